The molecule has 3 aromatic rings. The van der Waals surface area contributed by atoms with Crippen molar-refractivity contribution in [2.75, 3.05) is 36.9 Å². The number of aliphatic hydroxyl groups is 2. The zero-order chi connectivity index (χ0) is 14.8. The highest BCUT2D eigenvalue weighted by atomic mass is 16.3. The lowest BCUT2D eigenvalue weighted by atomic mass is 10.1. The maximum atomic E-state index is 9.23. The molecule has 21 heavy (non-hydrogen) atoms. The number of nitrogens with zero attached hydrogens (tertiary/aromatic N) is 1. The first-order chi connectivity index (χ1) is 10.3. The fraction of sp³-hybridized carbons (Fsp3) is 0.250. The molecule has 5 nitrogen and oxygen atoms in total. The molecule has 0 aliphatic rings. The summed E-state index contributed by atoms with van der Waals surface area (Å²) in [6, 6.07) is 11.8. The van der Waals surface area contributed by atoms with E-state index in [-0.39, 0.29) is 13.2 Å². The van der Waals surface area contributed by atoms with Crippen LogP contribution in [-0.2, 0) is 0 Å². The Morgan fingerprint density at radius 1 is 1.00 bits per heavy atom. The van der Waals surface area contributed by atoms with Crippen molar-refractivity contribution in [3.8, 4) is 0 Å². The first-order valence-electron chi connectivity index (χ1n) is 7.02. The molecule has 0 spiro atoms. The second-order valence-corrected chi connectivity index (χ2v) is 5.03. The Morgan fingerprint density at radius 3 is 2.43 bits per heavy atom. The van der Waals surface area contributed by atoms with Gasteiger partial charge in [-0.2, -0.15) is 0 Å². The largest absolute Gasteiger partial charge is 0.398 e. The van der Waals surface area contributed by atoms with Crippen molar-refractivity contribution in [2.24, 2.45) is 0 Å². The molecule has 0 fully saturated rings. The van der Waals surface area contributed by atoms with Gasteiger partial charge < -0.3 is 25.8 Å². The van der Waals surface area contributed by atoms with Crippen LogP contribution in [0.25, 0.3) is 21.8 Å². The van der Waals surface area contributed by atoms with E-state index in [0.717, 1.165) is 33.2 Å². The summed E-state index contributed by atoms with van der Waals surface area (Å²) in [5.74, 6) is 0. The van der Waals surface area contributed by atoms with E-state index in [0.29, 0.717) is 13.1 Å². The second-order valence-electron chi connectivity index (χ2n) is 5.03. The molecule has 0 saturated carbocycles. The monoisotopic (exact) mass is 285 g/mol. The van der Waals surface area contributed by atoms with Crippen molar-refractivity contribution in [2.45, 2.75) is 0 Å². The number of nitrogen functional groups attached to an aromatic ring is 1. The molecule has 0 saturated heterocycles. The quantitative estimate of drug-likeness (QED) is 0.537. The molecule has 1 heterocycles. The topological polar surface area (TPSA) is 85.5 Å². The highest BCUT2D eigenvalue weighted by molar-refractivity contribution is 6.16. The molecule has 110 valence electrons. The van der Waals surface area contributed by atoms with Crippen LogP contribution < -0.4 is 10.6 Å². The summed E-state index contributed by atoms with van der Waals surface area (Å²) < 4.78 is 0. The molecule has 0 aliphatic carbocycles. The minimum Gasteiger partial charge on any atom is -0.398 e. The number of benzene rings is 2. The summed E-state index contributed by atoms with van der Waals surface area (Å²) in [5.41, 5.74) is 9.78. The number of aromatic amines is 1. The number of aliphatic hydroxyl groups excluding tert-OH is 2. The van der Waals surface area contributed by atoms with Crippen LogP contribution in [0.4, 0.5) is 11.4 Å². The van der Waals surface area contributed by atoms with Crippen molar-refractivity contribution in [1.82, 2.24) is 4.98 Å². The summed E-state index contributed by atoms with van der Waals surface area (Å²) in [4.78, 5) is 5.36. The van der Waals surface area contributed by atoms with Crippen LogP contribution in [0.2, 0.25) is 0 Å². The Bertz CT molecular complexity index is 761. The number of nitrogens with one attached hydrogen (secondary N) is 1. The Kier molecular flexibility index (Phi) is 3.68. The normalized spacial score (nSPS) is 11.3. The number of hydrogen-bond donors (Lipinski definition) is 4. The maximum absolute atomic E-state index is 9.23. The van der Waals surface area contributed by atoms with Gasteiger partial charge in [-0.1, -0.05) is 18.2 Å². The van der Waals surface area contributed by atoms with Crippen LogP contribution in [0.5, 0.6) is 0 Å². The molecule has 2 aromatic carbocycles. The SMILES string of the molecule is Nc1ccc(N(CCO)CCO)c2[nH]c3ccccc3c12. The Morgan fingerprint density at radius 2 is 1.71 bits per heavy atom. The van der Waals surface area contributed by atoms with Gasteiger partial charge in [-0.3, -0.25) is 0 Å². The summed E-state index contributed by atoms with van der Waals surface area (Å²) >= 11 is 0. The van der Waals surface area contributed by atoms with Crippen LogP contribution in [-0.4, -0.2) is 41.5 Å². The number of fused-ring (bicyclic) bond motifs is 3. The van der Waals surface area contributed by atoms with Crippen molar-refractivity contribution in [1.29, 1.82) is 0 Å². The smallest absolute Gasteiger partial charge is 0.0723 e. The van der Waals surface area contributed by atoms with Crippen LogP contribution in [0.3, 0.4) is 0 Å². The number of nitrogens with two attached hydrogens (primary N) is 1. The molecule has 0 amide bonds. The number of H-pyrrole nitrogens is 1. The zero-order valence-corrected chi connectivity index (χ0v) is 11.7. The van der Waals surface area contributed by atoms with E-state index in [9.17, 15) is 10.2 Å². The Hall–Kier alpha value is -2.24. The van der Waals surface area contributed by atoms with Crippen LogP contribution >= 0.6 is 0 Å². The van der Waals surface area contributed by atoms with Crippen molar-refractivity contribution in [3.05, 3.63) is 36.4 Å². The molecular formula is C16H19N3O2. The van der Waals surface area contributed by atoms with Gasteiger partial charge in [-0.15, -0.1) is 0 Å². The lowest BCUT2D eigenvalue weighted by molar-refractivity contribution is 0.281. The fourth-order valence-electron chi connectivity index (χ4n) is 2.83. The van der Waals surface area contributed by atoms with Crippen LogP contribution in [0.1, 0.15) is 0 Å². The summed E-state index contributed by atoms with van der Waals surface area (Å²) in [6.45, 7) is 1.00. The standard InChI is InChI=1S/C16H19N3O2/c17-12-5-6-14(19(7-9-20)8-10-21)16-15(12)11-3-1-2-4-13(11)18-16/h1-6,18,20-21H,7-10,17H2. The summed E-state index contributed by atoms with van der Waals surface area (Å²) in [7, 11) is 0. The molecular weight excluding hydrogens is 266 g/mol. The summed E-state index contributed by atoms with van der Waals surface area (Å²) in [6.07, 6.45) is 0. The summed E-state index contributed by atoms with van der Waals surface area (Å²) in [5, 5.41) is 20.5. The first-order valence-corrected chi connectivity index (χ1v) is 7.02. The number of anilines is 2. The van der Waals surface area contributed by atoms with E-state index in [1.54, 1.807) is 0 Å². The molecule has 0 unspecified atom stereocenters. The lowest BCUT2D eigenvalue weighted by Gasteiger charge is -2.24. The van der Waals surface area contributed by atoms with E-state index in [4.69, 9.17) is 5.73 Å². The van der Waals surface area contributed by atoms with Gasteiger partial charge in [0.05, 0.1) is 24.4 Å². The van der Waals surface area contributed by atoms with E-state index < -0.39 is 0 Å². The molecule has 1 aromatic heterocycles. The zero-order valence-electron chi connectivity index (χ0n) is 11.7. The van der Waals surface area contributed by atoms with Gasteiger partial charge in [0.2, 0.25) is 0 Å². The van der Waals surface area contributed by atoms with Crippen molar-refractivity contribution < 1.29 is 10.2 Å². The molecule has 0 atom stereocenters. The average Bonchev–Trinajstić information content (AvgIpc) is 2.88. The lowest BCUT2D eigenvalue weighted by Crippen LogP contribution is -2.29. The number of hydrogen-bond acceptors (Lipinski definition) is 4. The van der Waals surface area contributed by atoms with Gasteiger partial charge in [0.1, 0.15) is 0 Å². The van der Waals surface area contributed by atoms with E-state index >= 15 is 0 Å². The van der Waals surface area contributed by atoms with Gasteiger partial charge in [-0.25, -0.2) is 0 Å². The van der Waals surface area contributed by atoms with Gasteiger partial charge >= 0.3 is 0 Å². The fourth-order valence-corrected chi connectivity index (χ4v) is 2.83. The third-order valence-corrected chi connectivity index (χ3v) is 3.75. The third kappa shape index (κ3) is 2.30. The van der Waals surface area contributed by atoms with E-state index in [2.05, 4.69) is 4.98 Å². The highest BCUT2D eigenvalue weighted by Gasteiger charge is 2.15. The van der Waals surface area contributed by atoms with Crippen molar-refractivity contribution >= 4 is 33.2 Å². The predicted octanol–water partition coefficient (Wildman–Crippen LogP) is 1.69. The highest BCUT2D eigenvalue weighted by Crippen LogP contribution is 2.36. The van der Waals surface area contributed by atoms with Gasteiger partial charge in [0, 0.05) is 35.1 Å². The van der Waals surface area contributed by atoms with Gasteiger partial charge in [-0.05, 0) is 18.2 Å². The number of aromatic nitrogens is 1. The Balaban J connectivity index is 2.26. The predicted molar refractivity (Wildman–Crippen MR) is 86.6 cm³/mol. The maximum Gasteiger partial charge on any atom is 0.0723 e. The van der Waals surface area contributed by atoms with Gasteiger partial charge in [0.15, 0.2) is 0 Å². The molecule has 5 heteroatoms. The Labute approximate surface area is 122 Å². The molecule has 5 N–H and O–H groups in total. The van der Waals surface area contributed by atoms with Crippen LogP contribution in [0, 0.1) is 0 Å². The minimum atomic E-state index is 0.0338. The average molecular weight is 285 g/mol. The first kappa shape index (κ1) is 13.7. The number of para-hydroxylation sites is 1. The third-order valence-electron chi connectivity index (χ3n) is 3.75. The van der Waals surface area contributed by atoms with Crippen molar-refractivity contribution in [3.63, 3.8) is 0 Å². The second kappa shape index (κ2) is 5.63. The molecule has 0 bridgehead atoms. The van der Waals surface area contributed by atoms with Crippen LogP contribution in [0.15, 0.2) is 36.4 Å². The number of rotatable bonds is 5. The molecule has 0 radical (unpaired) electrons. The van der Waals surface area contributed by atoms with E-state index in [1.807, 2.05) is 41.3 Å². The molecule has 3 rings (SSSR count). The molecule has 0 aliphatic heterocycles. The van der Waals surface area contributed by atoms with Gasteiger partial charge in [0.25, 0.3) is 0 Å². The minimum absolute atomic E-state index is 0.0338. The van der Waals surface area contributed by atoms with E-state index in [1.165, 1.54) is 0 Å².